The van der Waals surface area contributed by atoms with Crippen LogP contribution in [0.1, 0.15) is 24.8 Å². The predicted octanol–water partition coefficient (Wildman–Crippen LogP) is 0.895. The summed E-state index contributed by atoms with van der Waals surface area (Å²) < 4.78 is 0. The maximum Gasteiger partial charge on any atom is 0.0618 e. The molecule has 0 fully saturated rings. The molecular formula is C10H16N2O. The van der Waals surface area contributed by atoms with E-state index in [0.717, 1.165) is 12.0 Å². The molecule has 1 rings (SSSR count). The highest BCUT2D eigenvalue weighted by molar-refractivity contribution is 5.17. The Labute approximate surface area is 78.6 Å². The normalized spacial score (nSPS) is 15.3. The summed E-state index contributed by atoms with van der Waals surface area (Å²) in [7, 11) is 0. The van der Waals surface area contributed by atoms with Gasteiger partial charge < -0.3 is 10.8 Å². The van der Waals surface area contributed by atoms with E-state index in [4.69, 9.17) is 5.73 Å². The molecule has 0 amide bonds. The van der Waals surface area contributed by atoms with Crippen molar-refractivity contribution in [1.82, 2.24) is 4.98 Å². The fraction of sp³-hybridized carbons (Fsp3) is 0.500. The van der Waals surface area contributed by atoms with Gasteiger partial charge in [-0.25, -0.2) is 0 Å². The number of hydrogen-bond acceptors (Lipinski definition) is 3. The lowest BCUT2D eigenvalue weighted by Gasteiger charge is -2.20. The molecule has 13 heavy (non-hydrogen) atoms. The predicted molar refractivity (Wildman–Crippen MR) is 52.3 cm³/mol. The number of nitrogens with zero attached hydrogens (tertiary/aromatic N) is 1. The third-order valence-corrected chi connectivity index (χ3v) is 2.27. The Morgan fingerprint density at radius 1 is 1.46 bits per heavy atom. The fourth-order valence-corrected chi connectivity index (χ4v) is 1.41. The second-order valence-electron chi connectivity index (χ2n) is 3.10. The molecule has 0 aromatic carbocycles. The highest BCUT2D eigenvalue weighted by Crippen LogP contribution is 2.19. The van der Waals surface area contributed by atoms with E-state index in [1.807, 2.05) is 19.1 Å². The minimum absolute atomic E-state index is 0.0352. The van der Waals surface area contributed by atoms with Crippen molar-refractivity contribution < 1.29 is 5.11 Å². The van der Waals surface area contributed by atoms with E-state index in [0.29, 0.717) is 6.54 Å². The lowest BCUT2D eigenvalue weighted by atomic mass is 9.93. The molecule has 2 unspecified atom stereocenters. The third kappa shape index (κ3) is 2.50. The van der Waals surface area contributed by atoms with Gasteiger partial charge in [0.25, 0.3) is 0 Å². The van der Waals surface area contributed by atoms with E-state index in [2.05, 4.69) is 4.98 Å². The maximum absolute atomic E-state index is 9.67. The average Bonchev–Trinajstić information content (AvgIpc) is 2.20. The molecule has 3 N–H and O–H groups in total. The number of aliphatic hydroxyl groups is 1. The molecule has 0 spiro atoms. The second kappa shape index (κ2) is 4.94. The molecule has 3 nitrogen and oxygen atoms in total. The molecule has 2 atom stereocenters. The van der Waals surface area contributed by atoms with E-state index in [9.17, 15) is 5.11 Å². The number of nitrogens with two attached hydrogens (primary N) is 1. The third-order valence-electron chi connectivity index (χ3n) is 2.27. The van der Waals surface area contributed by atoms with Crippen molar-refractivity contribution in [3.63, 3.8) is 0 Å². The van der Waals surface area contributed by atoms with Gasteiger partial charge in [0.2, 0.25) is 0 Å². The van der Waals surface area contributed by atoms with Crippen molar-refractivity contribution in [3.05, 3.63) is 30.1 Å². The van der Waals surface area contributed by atoms with Crippen LogP contribution in [0.4, 0.5) is 0 Å². The highest BCUT2D eigenvalue weighted by atomic mass is 16.3. The van der Waals surface area contributed by atoms with E-state index in [1.54, 1.807) is 12.4 Å². The summed E-state index contributed by atoms with van der Waals surface area (Å²) in [4.78, 5) is 3.92. The standard InChI is InChI=1S/C10H16N2O/c1-2-10(13)9(7-11)8-3-5-12-6-4-8/h3-6,9-10,13H,2,7,11H2,1H3. The fourth-order valence-electron chi connectivity index (χ4n) is 1.41. The van der Waals surface area contributed by atoms with Gasteiger partial charge >= 0.3 is 0 Å². The first-order valence-corrected chi connectivity index (χ1v) is 4.57. The summed E-state index contributed by atoms with van der Waals surface area (Å²) in [6.45, 7) is 2.42. The quantitative estimate of drug-likeness (QED) is 0.723. The Kier molecular flexibility index (Phi) is 3.86. The van der Waals surface area contributed by atoms with Crippen LogP contribution < -0.4 is 5.73 Å². The lowest BCUT2D eigenvalue weighted by Crippen LogP contribution is -2.25. The van der Waals surface area contributed by atoms with E-state index >= 15 is 0 Å². The van der Waals surface area contributed by atoms with Crippen LogP contribution >= 0.6 is 0 Å². The second-order valence-corrected chi connectivity index (χ2v) is 3.10. The molecule has 0 saturated heterocycles. The van der Waals surface area contributed by atoms with Gasteiger partial charge in [-0.3, -0.25) is 4.98 Å². The lowest BCUT2D eigenvalue weighted by molar-refractivity contribution is 0.141. The monoisotopic (exact) mass is 180 g/mol. The van der Waals surface area contributed by atoms with Gasteiger partial charge in [-0.15, -0.1) is 0 Å². The van der Waals surface area contributed by atoms with Gasteiger partial charge in [-0.1, -0.05) is 6.92 Å². The highest BCUT2D eigenvalue weighted by Gasteiger charge is 2.17. The minimum atomic E-state index is -0.354. The van der Waals surface area contributed by atoms with Crippen LogP contribution in [-0.2, 0) is 0 Å². The van der Waals surface area contributed by atoms with Crippen LogP contribution in [0.5, 0.6) is 0 Å². The van der Waals surface area contributed by atoms with Gasteiger partial charge in [0.1, 0.15) is 0 Å². The summed E-state index contributed by atoms with van der Waals surface area (Å²) in [6, 6.07) is 3.80. The molecule has 0 saturated carbocycles. The number of pyridine rings is 1. The van der Waals surface area contributed by atoms with Crippen molar-refractivity contribution in [1.29, 1.82) is 0 Å². The zero-order chi connectivity index (χ0) is 9.68. The Balaban J connectivity index is 2.78. The van der Waals surface area contributed by atoms with E-state index in [-0.39, 0.29) is 12.0 Å². The molecule has 0 aliphatic carbocycles. The molecule has 1 heterocycles. The Morgan fingerprint density at radius 2 is 2.08 bits per heavy atom. The number of aromatic nitrogens is 1. The van der Waals surface area contributed by atoms with Crippen LogP contribution in [0, 0.1) is 0 Å². The van der Waals surface area contributed by atoms with Crippen LogP contribution in [0.15, 0.2) is 24.5 Å². The van der Waals surface area contributed by atoms with E-state index in [1.165, 1.54) is 0 Å². The molecule has 0 bridgehead atoms. The number of hydrogen-bond donors (Lipinski definition) is 2. The van der Waals surface area contributed by atoms with E-state index < -0.39 is 0 Å². The van der Waals surface area contributed by atoms with Crippen LogP contribution in [-0.4, -0.2) is 22.7 Å². The van der Waals surface area contributed by atoms with Crippen molar-refractivity contribution >= 4 is 0 Å². The van der Waals surface area contributed by atoms with Crippen molar-refractivity contribution in [3.8, 4) is 0 Å². The zero-order valence-electron chi connectivity index (χ0n) is 7.85. The molecule has 1 aromatic heterocycles. The first kappa shape index (κ1) is 10.2. The first-order chi connectivity index (χ1) is 6.29. The van der Waals surface area contributed by atoms with Gasteiger partial charge in [-0.05, 0) is 24.1 Å². The summed E-state index contributed by atoms with van der Waals surface area (Å²) in [5.74, 6) is 0.0352. The molecule has 3 heteroatoms. The summed E-state index contributed by atoms with van der Waals surface area (Å²) >= 11 is 0. The molecule has 0 aliphatic rings. The molecule has 0 aliphatic heterocycles. The minimum Gasteiger partial charge on any atom is -0.392 e. The van der Waals surface area contributed by atoms with Gasteiger partial charge in [0.15, 0.2) is 0 Å². The van der Waals surface area contributed by atoms with Crippen LogP contribution in [0.3, 0.4) is 0 Å². The number of rotatable bonds is 4. The summed E-state index contributed by atoms with van der Waals surface area (Å²) in [5, 5.41) is 9.67. The summed E-state index contributed by atoms with van der Waals surface area (Å²) in [5.41, 5.74) is 6.66. The molecule has 1 aromatic rings. The van der Waals surface area contributed by atoms with Crippen molar-refractivity contribution in [2.45, 2.75) is 25.4 Å². The first-order valence-electron chi connectivity index (χ1n) is 4.57. The van der Waals surface area contributed by atoms with Crippen molar-refractivity contribution in [2.24, 2.45) is 5.73 Å². The van der Waals surface area contributed by atoms with Gasteiger partial charge in [0.05, 0.1) is 6.10 Å². The maximum atomic E-state index is 9.67. The largest absolute Gasteiger partial charge is 0.392 e. The Hall–Kier alpha value is -0.930. The molecular weight excluding hydrogens is 164 g/mol. The smallest absolute Gasteiger partial charge is 0.0618 e. The molecule has 72 valence electrons. The Bertz CT molecular complexity index is 238. The van der Waals surface area contributed by atoms with Gasteiger partial charge in [-0.2, -0.15) is 0 Å². The molecule has 0 radical (unpaired) electrons. The zero-order valence-corrected chi connectivity index (χ0v) is 7.85. The summed E-state index contributed by atoms with van der Waals surface area (Å²) in [6.07, 6.45) is 3.82. The SMILES string of the molecule is CCC(O)C(CN)c1ccncc1. The number of aliphatic hydroxyl groups excluding tert-OH is 1. The van der Waals surface area contributed by atoms with Crippen molar-refractivity contribution in [2.75, 3.05) is 6.54 Å². The van der Waals surface area contributed by atoms with Gasteiger partial charge in [0, 0.05) is 24.9 Å². The topological polar surface area (TPSA) is 59.1 Å². The van der Waals surface area contributed by atoms with Crippen LogP contribution in [0.2, 0.25) is 0 Å². The Morgan fingerprint density at radius 3 is 2.54 bits per heavy atom. The average molecular weight is 180 g/mol. The van der Waals surface area contributed by atoms with Crippen LogP contribution in [0.25, 0.3) is 0 Å².